The second-order valence-corrected chi connectivity index (χ2v) is 10.7. The minimum atomic E-state index is -1.01. The lowest BCUT2D eigenvalue weighted by molar-refractivity contribution is -0.277. The maximum absolute atomic E-state index is 12.6. The lowest BCUT2D eigenvalue weighted by atomic mass is 9.68. The molecule has 1 aliphatic carbocycles. The number of hydrogen-bond acceptors (Lipinski definition) is 3. The number of carbonyl (C=O) groups is 1. The highest BCUT2D eigenvalue weighted by atomic mass is 16.4. The number of rotatable bonds is 4. The van der Waals surface area contributed by atoms with E-state index < -0.39 is 6.09 Å². The molecule has 0 N–H and O–H groups in total. The van der Waals surface area contributed by atoms with Crippen LogP contribution in [0.3, 0.4) is 0 Å². The molecule has 4 aliphatic rings. The Morgan fingerprint density at radius 3 is 2.53 bits per heavy atom. The summed E-state index contributed by atoms with van der Waals surface area (Å²) in [6, 6.07) is 15.3. The Hall–Kier alpha value is -2.33. The van der Waals surface area contributed by atoms with E-state index in [1.165, 1.54) is 27.8 Å². The van der Waals surface area contributed by atoms with E-state index in [0.29, 0.717) is 5.92 Å². The van der Waals surface area contributed by atoms with Crippen LogP contribution in [0.2, 0.25) is 0 Å². The molecule has 4 heteroatoms. The Balaban J connectivity index is 1.54. The van der Waals surface area contributed by atoms with Gasteiger partial charge >= 0.3 is 0 Å². The summed E-state index contributed by atoms with van der Waals surface area (Å²) in [4.78, 5) is 16.8. The first-order valence-electron chi connectivity index (χ1n) is 12.3. The molecule has 3 aliphatic heterocycles. The zero-order valence-electron chi connectivity index (χ0n) is 19.6. The molecule has 0 spiro atoms. The molecule has 4 nitrogen and oxygen atoms in total. The molecular formula is C28H35N2O2-. The first-order valence-corrected chi connectivity index (χ1v) is 12.3. The summed E-state index contributed by atoms with van der Waals surface area (Å²) in [5, 5.41) is 12.6. The number of fused-ring (bicyclic) bond motifs is 4. The van der Waals surface area contributed by atoms with Crippen LogP contribution >= 0.6 is 0 Å². The van der Waals surface area contributed by atoms with Gasteiger partial charge in [-0.2, -0.15) is 0 Å². The van der Waals surface area contributed by atoms with Crippen molar-refractivity contribution in [3.63, 3.8) is 0 Å². The lowest BCUT2D eigenvalue weighted by Crippen LogP contribution is -2.63. The van der Waals surface area contributed by atoms with Crippen molar-refractivity contribution in [2.75, 3.05) is 19.6 Å². The summed E-state index contributed by atoms with van der Waals surface area (Å²) >= 11 is 0. The van der Waals surface area contributed by atoms with Gasteiger partial charge in [0.15, 0.2) is 0 Å². The zero-order chi connectivity index (χ0) is 22.5. The number of amides is 1. The van der Waals surface area contributed by atoms with Crippen molar-refractivity contribution < 1.29 is 9.90 Å². The SMILES string of the molecule is CCc1cccc(-c2ccc3c(c2)CCC(C)(C)[C@H]3N(C(=O)[O-])[C@@H]2CN3CCC2CC3)c1. The summed E-state index contributed by atoms with van der Waals surface area (Å²) in [6.07, 6.45) is 4.18. The molecule has 3 heterocycles. The van der Waals surface area contributed by atoms with E-state index in [-0.39, 0.29) is 17.5 Å². The summed E-state index contributed by atoms with van der Waals surface area (Å²) in [7, 11) is 0. The number of aryl methyl sites for hydroxylation is 2. The average molecular weight is 432 g/mol. The van der Waals surface area contributed by atoms with E-state index in [4.69, 9.17) is 0 Å². The van der Waals surface area contributed by atoms with Gasteiger partial charge in [0.25, 0.3) is 0 Å². The lowest BCUT2D eigenvalue weighted by Gasteiger charge is -2.56. The van der Waals surface area contributed by atoms with E-state index in [9.17, 15) is 9.90 Å². The second kappa shape index (κ2) is 8.22. The minimum Gasteiger partial charge on any atom is -0.530 e. The number of nitrogens with zero attached hydrogens (tertiary/aromatic N) is 2. The molecule has 2 aromatic carbocycles. The number of carbonyl (C=O) groups excluding carboxylic acids is 1. The topological polar surface area (TPSA) is 46.6 Å². The molecule has 3 saturated heterocycles. The third-order valence-corrected chi connectivity index (χ3v) is 8.35. The van der Waals surface area contributed by atoms with E-state index in [1.54, 1.807) is 4.90 Å². The highest BCUT2D eigenvalue weighted by molar-refractivity contribution is 5.68. The number of carboxylic acid groups (broad SMARTS) is 1. The summed E-state index contributed by atoms with van der Waals surface area (Å²) in [5.74, 6) is 0.454. The molecule has 0 radical (unpaired) electrons. The molecule has 6 rings (SSSR count). The highest BCUT2D eigenvalue weighted by Crippen LogP contribution is 2.50. The molecule has 0 saturated carbocycles. The Morgan fingerprint density at radius 2 is 1.88 bits per heavy atom. The predicted molar refractivity (Wildman–Crippen MR) is 126 cm³/mol. The van der Waals surface area contributed by atoms with E-state index >= 15 is 0 Å². The second-order valence-electron chi connectivity index (χ2n) is 10.7. The van der Waals surface area contributed by atoms with Gasteiger partial charge in [-0.05, 0) is 84.3 Å². The average Bonchev–Trinajstić information content (AvgIpc) is 2.81. The van der Waals surface area contributed by atoms with Gasteiger partial charge in [0.05, 0.1) is 6.04 Å². The largest absolute Gasteiger partial charge is 0.530 e. The van der Waals surface area contributed by atoms with Crippen molar-refractivity contribution >= 4 is 6.09 Å². The first kappa shape index (κ1) is 21.5. The van der Waals surface area contributed by atoms with Gasteiger partial charge in [0.1, 0.15) is 6.09 Å². The van der Waals surface area contributed by atoms with Crippen LogP contribution in [0.1, 0.15) is 62.8 Å². The molecule has 0 unspecified atom stereocenters. The quantitative estimate of drug-likeness (QED) is 0.707. The van der Waals surface area contributed by atoms with Crippen molar-refractivity contribution in [3.05, 3.63) is 59.2 Å². The molecular weight excluding hydrogens is 396 g/mol. The number of hydrogen-bond donors (Lipinski definition) is 0. The van der Waals surface area contributed by atoms with Crippen LogP contribution in [0.15, 0.2) is 42.5 Å². The third-order valence-electron chi connectivity index (χ3n) is 8.35. The van der Waals surface area contributed by atoms with E-state index in [2.05, 4.69) is 68.1 Å². The number of benzene rings is 2. The minimum absolute atomic E-state index is 0.0404. The smallest absolute Gasteiger partial charge is 0.137 e. The van der Waals surface area contributed by atoms with Gasteiger partial charge in [-0.15, -0.1) is 0 Å². The zero-order valence-corrected chi connectivity index (χ0v) is 19.6. The Kier molecular flexibility index (Phi) is 5.53. The molecule has 170 valence electrons. The summed E-state index contributed by atoms with van der Waals surface area (Å²) < 4.78 is 0. The molecule has 2 bridgehead atoms. The molecule has 32 heavy (non-hydrogen) atoms. The Morgan fingerprint density at radius 1 is 1.12 bits per heavy atom. The molecule has 2 aromatic rings. The van der Waals surface area contributed by atoms with Crippen LogP contribution in [0.5, 0.6) is 0 Å². The first-order chi connectivity index (χ1) is 15.4. The maximum atomic E-state index is 12.6. The van der Waals surface area contributed by atoms with Crippen molar-refractivity contribution in [1.82, 2.24) is 9.80 Å². The molecule has 3 fully saturated rings. The molecule has 2 atom stereocenters. The fraction of sp³-hybridized carbons (Fsp3) is 0.536. The maximum Gasteiger partial charge on any atom is 0.137 e. The van der Waals surface area contributed by atoms with Crippen molar-refractivity contribution in [2.45, 2.75) is 65.0 Å². The Bertz CT molecular complexity index is 1010. The van der Waals surface area contributed by atoms with Crippen LogP contribution in [-0.2, 0) is 12.8 Å². The molecule has 1 amide bonds. The summed E-state index contributed by atoms with van der Waals surface area (Å²) in [6.45, 7) is 9.71. The molecule has 0 aromatic heterocycles. The van der Waals surface area contributed by atoms with Crippen molar-refractivity contribution in [3.8, 4) is 11.1 Å². The van der Waals surface area contributed by atoms with Crippen molar-refractivity contribution in [2.24, 2.45) is 11.3 Å². The van der Waals surface area contributed by atoms with Crippen molar-refractivity contribution in [1.29, 1.82) is 0 Å². The Labute approximate surface area is 192 Å². The fourth-order valence-electron chi connectivity index (χ4n) is 6.46. The van der Waals surface area contributed by atoms with Crippen LogP contribution < -0.4 is 5.11 Å². The number of piperidine rings is 3. The van der Waals surface area contributed by atoms with Crippen LogP contribution in [0.25, 0.3) is 11.1 Å². The van der Waals surface area contributed by atoms with Crippen LogP contribution in [0, 0.1) is 11.3 Å². The van der Waals surface area contributed by atoms with Gasteiger partial charge in [-0.1, -0.05) is 63.2 Å². The monoisotopic (exact) mass is 431 g/mol. The van der Waals surface area contributed by atoms with Gasteiger partial charge in [0.2, 0.25) is 0 Å². The van der Waals surface area contributed by atoms with E-state index in [1.807, 2.05) is 0 Å². The van der Waals surface area contributed by atoms with Gasteiger partial charge in [0, 0.05) is 12.6 Å². The van der Waals surface area contributed by atoms with Gasteiger partial charge < -0.3 is 19.7 Å². The third kappa shape index (κ3) is 3.73. The standard InChI is InChI=1S/C28H36N2O2/c1-4-19-6-5-7-21(16-19)22-8-9-24-23(17-22)10-13-28(2,3)26(24)30(27(31)32)25-18-29-14-11-20(25)12-15-29/h5-9,16-17,20,25-26H,4,10-15,18H2,1-3H3,(H,31,32)/p-1/t25-,26+/m1/s1. The van der Waals surface area contributed by atoms with Crippen LogP contribution in [0.4, 0.5) is 4.79 Å². The summed E-state index contributed by atoms with van der Waals surface area (Å²) in [5.41, 5.74) is 6.15. The highest BCUT2D eigenvalue weighted by Gasteiger charge is 2.46. The van der Waals surface area contributed by atoms with Gasteiger partial charge in [-0.25, -0.2) is 0 Å². The van der Waals surface area contributed by atoms with E-state index in [0.717, 1.165) is 51.7 Å². The van der Waals surface area contributed by atoms with Crippen LogP contribution in [-0.4, -0.2) is 41.6 Å². The predicted octanol–water partition coefficient (Wildman–Crippen LogP) is 4.67. The fourth-order valence-corrected chi connectivity index (χ4v) is 6.46. The normalized spacial score (nSPS) is 28.2. The van der Waals surface area contributed by atoms with Gasteiger partial charge in [-0.3, -0.25) is 0 Å².